The quantitative estimate of drug-likeness (QED) is 0.900. The maximum Gasteiger partial charge on any atom is 0.152 e. The van der Waals surface area contributed by atoms with E-state index in [4.69, 9.17) is 4.74 Å². The lowest BCUT2D eigenvalue weighted by atomic mass is 9.97. The first-order valence-electron chi connectivity index (χ1n) is 7.38. The van der Waals surface area contributed by atoms with E-state index in [1.165, 1.54) is 31.2 Å². The molecule has 1 heterocycles. The van der Waals surface area contributed by atoms with Crippen LogP contribution in [0.2, 0.25) is 0 Å². The molecule has 1 aromatic rings. The molecule has 1 N–H and O–H groups in total. The van der Waals surface area contributed by atoms with Crippen molar-refractivity contribution in [2.45, 2.75) is 44.6 Å². The fraction of sp³-hybridized carbons (Fsp3) is 0.562. The first-order valence-corrected chi connectivity index (χ1v) is 7.38. The summed E-state index contributed by atoms with van der Waals surface area (Å²) < 4.78 is 6.15. The number of amidine groups is 1. The van der Waals surface area contributed by atoms with Crippen molar-refractivity contribution >= 4 is 5.84 Å². The van der Waals surface area contributed by atoms with Gasteiger partial charge in [-0.25, -0.2) is 0 Å². The lowest BCUT2D eigenvalue weighted by Crippen LogP contribution is -2.33. The lowest BCUT2D eigenvalue weighted by Gasteiger charge is -2.20. The number of hydrogen-bond acceptors (Lipinski definition) is 3. The van der Waals surface area contributed by atoms with Gasteiger partial charge in [-0.2, -0.15) is 0 Å². The van der Waals surface area contributed by atoms with E-state index in [0.717, 1.165) is 24.7 Å². The second-order valence-corrected chi connectivity index (χ2v) is 5.47. The summed E-state index contributed by atoms with van der Waals surface area (Å²) in [6.45, 7) is 3.88. The second-order valence-electron chi connectivity index (χ2n) is 5.47. The topological polar surface area (TPSA) is 33.6 Å². The molecule has 102 valence electrons. The molecule has 1 atom stereocenters. The molecule has 3 nitrogen and oxygen atoms in total. The monoisotopic (exact) mass is 258 g/mol. The molecule has 19 heavy (non-hydrogen) atoms. The van der Waals surface area contributed by atoms with Crippen LogP contribution in [0.3, 0.4) is 0 Å². The van der Waals surface area contributed by atoms with Crippen LogP contribution in [-0.4, -0.2) is 25.0 Å². The molecule has 1 aliphatic carbocycles. The number of nitrogens with one attached hydrogen (secondary N) is 1. The van der Waals surface area contributed by atoms with Crippen LogP contribution in [0, 0.1) is 0 Å². The number of hydrogen-bond donors (Lipinski definition) is 1. The largest absolute Gasteiger partial charge is 0.483 e. The molecule has 0 bridgehead atoms. The molecular weight excluding hydrogens is 236 g/mol. The molecular formula is C16H22N2O. The highest BCUT2D eigenvalue weighted by atomic mass is 16.5. The summed E-state index contributed by atoms with van der Waals surface area (Å²) in [6.07, 6.45) is 5.32. The van der Waals surface area contributed by atoms with Gasteiger partial charge in [-0.05, 0) is 37.3 Å². The Labute approximate surface area is 115 Å². The normalized spacial score (nSPS) is 21.0. The molecule has 1 saturated carbocycles. The summed E-state index contributed by atoms with van der Waals surface area (Å²) >= 11 is 0. The van der Waals surface area contributed by atoms with E-state index in [1.54, 1.807) is 0 Å². The van der Waals surface area contributed by atoms with Crippen LogP contribution in [-0.2, 0) is 0 Å². The number of ether oxygens (including phenoxy) is 1. The fourth-order valence-electron chi connectivity index (χ4n) is 3.10. The first-order chi connectivity index (χ1) is 9.34. The third-order valence-corrected chi connectivity index (χ3v) is 4.10. The van der Waals surface area contributed by atoms with Crippen molar-refractivity contribution in [3.05, 3.63) is 29.8 Å². The van der Waals surface area contributed by atoms with Crippen molar-refractivity contribution in [2.24, 2.45) is 4.99 Å². The molecule has 1 aromatic carbocycles. The smallest absolute Gasteiger partial charge is 0.152 e. The van der Waals surface area contributed by atoms with Gasteiger partial charge in [0.15, 0.2) is 6.10 Å². The summed E-state index contributed by atoms with van der Waals surface area (Å²) in [6, 6.07) is 8.50. The lowest BCUT2D eigenvalue weighted by molar-refractivity contribution is 0.279. The van der Waals surface area contributed by atoms with Gasteiger partial charge in [-0.1, -0.05) is 31.0 Å². The van der Waals surface area contributed by atoms with Crippen LogP contribution in [0.4, 0.5) is 0 Å². The maximum absolute atomic E-state index is 6.15. The highest BCUT2D eigenvalue weighted by Crippen LogP contribution is 2.38. The maximum atomic E-state index is 6.15. The van der Waals surface area contributed by atoms with Crippen molar-refractivity contribution in [2.75, 3.05) is 13.1 Å². The molecule has 3 heteroatoms. The summed E-state index contributed by atoms with van der Waals surface area (Å²) in [5, 5.41) is 3.29. The molecule has 0 amide bonds. The molecule has 0 radical (unpaired) electrons. The fourth-order valence-corrected chi connectivity index (χ4v) is 3.10. The van der Waals surface area contributed by atoms with Gasteiger partial charge >= 0.3 is 0 Å². The summed E-state index contributed by atoms with van der Waals surface area (Å²) in [5.74, 6) is 2.71. The Hall–Kier alpha value is -1.51. The van der Waals surface area contributed by atoms with E-state index in [-0.39, 0.29) is 6.10 Å². The third-order valence-electron chi connectivity index (χ3n) is 4.10. The first kappa shape index (κ1) is 12.5. The van der Waals surface area contributed by atoms with Gasteiger partial charge in [0.1, 0.15) is 11.6 Å². The molecule has 2 aliphatic rings. The summed E-state index contributed by atoms with van der Waals surface area (Å²) in [5.41, 5.74) is 1.38. The van der Waals surface area contributed by atoms with Gasteiger partial charge in [-0.3, -0.25) is 4.99 Å². The SMILES string of the molecule is C[C@@H](Oc1ccccc1C1CCCC1)C1=NCCN1. The Balaban J connectivity index is 1.76. The van der Waals surface area contributed by atoms with Crippen molar-refractivity contribution < 1.29 is 4.74 Å². The van der Waals surface area contributed by atoms with Gasteiger partial charge in [0.25, 0.3) is 0 Å². The van der Waals surface area contributed by atoms with E-state index < -0.39 is 0 Å². The van der Waals surface area contributed by atoms with E-state index in [0.29, 0.717) is 5.92 Å². The Morgan fingerprint density at radius 3 is 2.79 bits per heavy atom. The predicted octanol–water partition coefficient (Wildman–Crippen LogP) is 3.11. The molecule has 1 fully saturated rings. The second kappa shape index (κ2) is 5.64. The molecule has 1 aliphatic heterocycles. The average Bonchev–Trinajstić information content (AvgIpc) is 3.13. The minimum atomic E-state index is 0.0186. The van der Waals surface area contributed by atoms with Crippen molar-refractivity contribution in [1.29, 1.82) is 0 Å². The average molecular weight is 258 g/mol. The zero-order valence-corrected chi connectivity index (χ0v) is 11.6. The van der Waals surface area contributed by atoms with Crippen molar-refractivity contribution in [3.8, 4) is 5.75 Å². The minimum absolute atomic E-state index is 0.0186. The Bertz CT molecular complexity index is 464. The van der Waals surface area contributed by atoms with Crippen LogP contribution >= 0.6 is 0 Å². The number of para-hydroxylation sites is 1. The summed E-state index contributed by atoms with van der Waals surface area (Å²) in [4.78, 5) is 4.44. The zero-order chi connectivity index (χ0) is 13.1. The predicted molar refractivity (Wildman–Crippen MR) is 78.0 cm³/mol. The Kier molecular flexibility index (Phi) is 3.72. The number of aliphatic imine (C=N–C) groups is 1. The minimum Gasteiger partial charge on any atom is -0.483 e. The molecule has 0 saturated heterocycles. The highest BCUT2D eigenvalue weighted by molar-refractivity contribution is 5.87. The van der Waals surface area contributed by atoms with Gasteiger partial charge in [-0.15, -0.1) is 0 Å². The van der Waals surface area contributed by atoms with Crippen molar-refractivity contribution in [1.82, 2.24) is 5.32 Å². The van der Waals surface area contributed by atoms with E-state index >= 15 is 0 Å². The number of benzene rings is 1. The van der Waals surface area contributed by atoms with E-state index in [2.05, 4.69) is 41.5 Å². The van der Waals surface area contributed by atoms with Crippen LogP contribution in [0.5, 0.6) is 5.75 Å². The standard InChI is InChI=1S/C16H22N2O/c1-12(16-17-10-11-18-16)19-15-9-5-4-8-14(15)13-6-2-3-7-13/h4-5,8-9,12-13H,2-3,6-7,10-11H2,1H3,(H,17,18)/t12-/m1/s1. The van der Waals surface area contributed by atoms with Gasteiger partial charge in [0, 0.05) is 6.54 Å². The number of rotatable bonds is 4. The van der Waals surface area contributed by atoms with Crippen LogP contribution in [0.1, 0.15) is 44.1 Å². The van der Waals surface area contributed by atoms with E-state index in [1.807, 2.05) is 0 Å². The number of nitrogens with zero attached hydrogens (tertiary/aromatic N) is 1. The molecule has 0 aromatic heterocycles. The van der Waals surface area contributed by atoms with E-state index in [9.17, 15) is 0 Å². The third kappa shape index (κ3) is 2.75. The van der Waals surface area contributed by atoms with Crippen LogP contribution < -0.4 is 10.1 Å². The molecule has 0 unspecified atom stereocenters. The highest BCUT2D eigenvalue weighted by Gasteiger charge is 2.22. The molecule has 3 rings (SSSR count). The Morgan fingerprint density at radius 1 is 1.26 bits per heavy atom. The Morgan fingerprint density at radius 2 is 2.05 bits per heavy atom. The zero-order valence-electron chi connectivity index (χ0n) is 11.6. The molecule has 0 spiro atoms. The van der Waals surface area contributed by atoms with Crippen molar-refractivity contribution in [3.63, 3.8) is 0 Å². The van der Waals surface area contributed by atoms with Gasteiger partial charge in [0.05, 0.1) is 6.54 Å². The van der Waals surface area contributed by atoms with Crippen LogP contribution in [0.25, 0.3) is 0 Å². The summed E-state index contributed by atoms with van der Waals surface area (Å²) in [7, 11) is 0. The van der Waals surface area contributed by atoms with Gasteiger partial charge in [0.2, 0.25) is 0 Å². The van der Waals surface area contributed by atoms with Crippen LogP contribution in [0.15, 0.2) is 29.3 Å². The van der Waals surface area contributed by atoms with Gasteiger partial charge < -0.3 is 10.1 Å².